The molecule has 1 aromatic rings. The predicted molar refractivity (Wildman–Crippen MR) is 137 cm³/mol. The summed E-state index contributed by atoms with van der Waals surface area (Å²) >= 11 is 0. The second-order valence-electron chi connectivity index (χ2n) is 10.3. The number of nitrogens with two attached hydrogens (primary N) is 1. The number of aliphatic imine (C=N–C) groups is 1. The summed E-state index contributed by atoms with van der Waals surface area (Å²) < 4.78 is 5.13. The summed E-state index contributed by atoms with van der Waals surface area (Å²) in [6.07, 6.45) is 12.3. The number of hydrogen-bond donors (Lipinski definition) is 1. The lowest BCUT2D eigenvalue weighted by Crippen LogP contribution is -2.37. The SMILES string of the molecule is CC(=CC1CCC2(CC1)CCN(C1=C(C)C(=O)OC1)C2=O)C(C)CCc1ccc(N=CN=NN)nc1. The quantitative estimate of drug-likeness (QED) is 0.106. The van der Waals surface area contributed by atoms with Crippen LogP contribution < -0.4 is 5.84 Å². The van der Waals surface area contributed by atoms with Crippen molar-refractivity contribution < 1.29 is 14.3 Å². The van der Waals surface area contributed by atoms with Crippen molar-refractivity contribution in [1.82, 2.24) is 9.88 Å². The van der Waals surface area contributed by atoms with E-state index in [1.165, 1.54) is 17.5 Å². The molecule has 2 fully saturated rings. The molecule has 3 heterocycles. The number of hydrogen-bond acceptors (Lipinski definition) is 6. The summed E-state index contributed by atoms with van der Waals surface area (Å²) in [6.45, 7) is 7.18. The molecule has 1 saturated carbocycles. The first-order valence-corrected chi connectivity index (χ1v) is 12.8. The number of aromatic nitrogens is 1. The van der Waals surface area contributed by atoms with Crippen LogP contribution in [0.5, 0.6) is 0 Å². The molecular weight excluding hydrogens is 456 g/mol. The average Bonchev–Trinajstić information content (AvgIpc) is 3.38. The van der Waals surface area contributed by atoms with Crippen LogP contribution in [0.25, 0.3) is 0 Å². The number of amides is 1. The third kappa shape index (κ3) is 5.55. The first kappa shape index (κ1) is 25.7. The van der Waals surface area contributed by atoms with Crippen molar-refractivity contribution in [1.29, 1.82) is 0 Å². The zero-order chi connectivity index (χ0) is 25.7. The lowest BCUT2D eigenvalue weighted by atomic mass is 9.69. The second-order valence-corrected chi connectivity index (χ2v) is 10.3. The van der Waals surface area contributed by atoms with Gasteiger partial charge in [-0.05, 0) is 82.3 Å². The molecule has 2 aliphatic heterocycles. The van der Waals surface area contributed by atoms with Crippen LogP contribution in [0.2, 0.25) is 0 Å². The molecule has 1 amide bonds. The van der Waals surface area contributed by atoms with Gasteiger partial charge >= 0.3 is 5.97 Å². The van der Waals surface area contributed by atoms with Gasteiger partial charge < -0.3 is 15.5 Å². The maximum atomic E-state index is 13.3. The van der Waals surface area contributed by atoms with Crippen LogP contribution >= 0.6 is 0 Å². The van der Waals surface area contributed by atoms with Gasteiger partial charge in [0.2, 0.25) is 5.91 Å². The van der Waals surface area contributed by atoms with Crippen molar-refractivity contribution in [3.05, 3.63) is 46.8 Å². The topological polar surface area (TPSA) is 123 Å². The molecule has 0 bridgehead atoms. The van der Waals surface area contributed by atoms with Gasteiger partial charge in [0.05, 0.1) is 16.7 Å². The largest absolute Gasteiger partial charge is 0.456 e. The number of cyclic esters (lactones) is 1. The van der Waals surface area contributed by atoms with Crippen LogP contribution in [0.4, 0.5) is 5.82 Å². The Balaban J connectivity index is 1.27. The summed E-state index contributed by atoms with van der Waals surface area (Å²) in [5.74, 6) is 6.40. The molecule has 3 aliphatic rings. The molecular formula is C27H36N6O3. The smallest absolute Gasteiger partial charge is 0.336 e. The summed E-state index contributed by atoms with van der Waals surface area (Å²) in [5, 5.41) is 6.62. The molecule has 36 heavy (non-hydrogen) atoms. The fraction of sp³-hybridized carbons (Fsp3) is 0.556. The Labute approximate surface area is 212 Å². The number of likely N-dealkylation sites (tertiary alicyclic amines) is 1. The Morgan fingerprint density at radius 3 is 2.72 bits per heavy atom. The molecule has 1 aliphatic carbocycles. The second kappa shape index (κ2) is 11.1. The van der Waals surface area contributed by atoms with Crippen molar-refractivity contribution in [2.24, 2.45) is 38.4 Å². The number of pyridine rings is 1. The van der Waals surface area contributed by atoms with Crippen LogP contribution in [-0.2, 0) is 20.7 Å². The molecule has 1 saturated heterocycles. The molecule has 192 valence electrons. The highest BCUT2D eigenvalue weighted by Gasteiger charge is 2.50. The summed E-state index contributed by atoms with van der Waals surface area (Å²) in [6, 6.07) is 3.91. The lowest BCUT2D eigenvalue weighted by molar-refractivity contribution is -0.138. The van der Waals surface area contributed by atoms with Crippen LogP contribution in [0.15, 0.2) is 56.6 Å². The van der Waals surface area contributed by atoms with Gasteiger partial charge in [-0.2, -0.15) is 0 Å². The van der Waals surface area contributed by atoms with Gasteiger partial charge in [0.15, 0.2) is 5.82 Å². The zero-order valence-electron chi connectivity index (χ0n) is 21.4. The highest BCUT2D eigenvalue weighted by atomic mass is 16.5. The van der Waals surface area contributed by atoms with E-state index in [9.17, 15) is 9.59 Å². The Morgan fingerprint density at radius 1 is 1.31 bits per heavy atom. The van der Waals surface area contributed by atoms with E-state index in [0.29, 0.717) is 29.8 Å². The van der Waals surface area contributed by atoms with E-state index in [1.807, 2.05) is 23.2 Å². The fourth-order valence-electron chi connectivity index (χ4n) is 5.55. The molecule has 1 spiro atoms. The molecule has 0 radical (unpaired) electrons. The molecule has 1 unspecified atom stereocenters. The van der Waals surface area contributed by atoms with Gasteiger partial charge in [-0.15, -0.1) is 5.11 Å². The molecule has 0 aromatic carbocycles. The minimum absolute atomic E-state index is 0.191. The number of rotatable bonds is 8. The van der Waals surface area contributed by atoms with Crippen LogP contribution in [0.3, 0.4) is 0 Å². The zero-order valence-corrected chi connectivity index (χ0v) is 21.4. The molecule has 9 heteroatoms. The van der Waals surface area contributed by atoms with Crippen LogP contribution in [-0.4, -0.2) is 41.3 Å². The van der Waals surface area contributed by atoms with E-state index in [-0.39, 0.29) is 23.9 Å². The normalized spacial score (nSPS) is 26.1. The standard InChI is InChI=1S/C27H36N6O3/c1-18(4-5-22-6-7-24(29-15-22)30-17-31-32-28)19(2)14-21-8-10-27(11-9-21)12-13-33(26(27)35)23-16-36-25(34)20(23)3/h6-7,14-15,17-18,21H,4-5,8-13,16H2,1-3H3,(H2,28,29,30,31). The molecule has 4 rings (SSSR count). The van der Waals surface area contributed by atoms with Gasteiger partial charge in [-0.3, -0.25) is 4.79 Å². The fourth-order valence-corrected chi connectivity index (χ4v) is 5.55. The first-order chi connectivity index (χ1) is 17.3. The number of carbonyl (C=O) groups is 2. The van der Waals surface area contributed by atoms with Gasteiger partial charge in [0.1, 0.15) is 12.9 Å². The van der Waals surface area contributed by atoms with E-state index >= 15 is 0 Å². The lowest BCUT2D eigenvalue weighted by Gasteiger charge is -2.35. The number of aryl methyl sites for hydroxylation is 1. The van der Waals surface area contributed by atoms with Crippen molar-refractivity contribution in [3.8, 4) is 0 Å². The monoisotopic (exact) mass is 492 g/mol. The predicted octanol–water partition coefficient (Wildman–Crippen LogP) is 4.82. The number of esters is 1. The van der Waals surface area contributed by atoms with Crippen LogP contribution in [0.1, 0.15) is 64.9 Å². The molecule has 9 nitrogen and oxygen atoms in total. The van der Waals surface area contributed by atoms with Crippen molar-refractivity contribution in [3.63, 3.8) is 0 Å². The Bertz CT molecular complexity index is 1100. The van der Waals surface area contributed by atoms with Gasteiger partial charge in [-0.25, -0.2) is 14.8 Å². The van der Waals surface area contributed by atoms with E-state index in [2.05, 4.69) is 40.2 Å². The number of nitrogens with zero attached hydrogens (tertiary/aromatic N) is 5. The average molecular weight is 493 g/mol. The third-order valence-electron chi connectivity index (χ3n) is 8.16. The Hall–Kier alpha value is -3.36. The Morgan fingerprint density at radius 2 is 2.08 bits per heavy atom. The minimum atomic E-state index is -0.300. The Kier molecular flexibility index (Phi) is 7.96. The third-order valence-corrected chi connectivity index (χ3v) is 8.16. The van der Waals surface area contributed by atoms with E-state index < -0.39 is 0 Å². The number of carbonyl (C=O) groups excluding carboxylic acids is 2. The summed E-state index contributed by atoms with van der Waals surface area (Å²) in [4.78, 5) is 35.3. The highest BCUT2D eigenvalue weighted by Crippen LogP contribution is 2.48. The maximum Gasteiger partial charge on any atom is 0.336 e. The molecule has 1 atom stereocenters. The number of ether oxygens (including phenoxy) is 1. The van der Waals surface area contributed by atoms with E-state index in [4.69, 9.17) is 10.6 Å². The van der Waals surface area contributed by atoms with Crippen molar-refractivity contribution in [2.75, 3.05) is 13.2 Å². The molecule has 2 N–H and O–H groups in total. The number of allylic oxidation sites excluding steroid dienone is 2. The van der Waals surface area contributed by atoms with E-state index in [0.717, 1.165) is 50.6 Å². The highest BCUT2D eigenvalue weighted by molar-refractivity contribution is 5.94. The van der Waals surface area contributed by atoms with Gasteiger partial charge in [0.25, 0.3) is 0 Å². The first-order valence-electron chi connectivity index (χ1n) is 12.8. The maximum absolute atomic E-state index is 13.3. The van der Waals surface area contributed by atoms with Gasteiger partial charge in [0, 0.05) is 12.7 Å². The summed E-state index contributed by atoms with van der Waals surface area (Å²) in [7, 11) is 0. The van der Waals surface area contributed by atoms with E-state index in [1.54, 1.807) is 6.92 Å². The molecule has 1 aromatic heterocycles. The summed E-state index contributed by atoms with van der Waals surface area (Å²) in [5.41, 5.74) is 3.68. The minimum Gasteiger partial charge on any atom is -0.456 e. The van der Waals surface area contributed by atoms with Crippen molar-refractivity contribution >= 4 is 24.0 Å². The van der Waals surface area contributed by atoms with Crippen LogP contribution in [0, 0.1) is 17.3 Å². The van der Waals surface area contributed by atoms with Gasteiger partial charge in [-0.1, -0.05) is 29.9 Å². The van der Waals surface area contributed by atoms with Crippen molar-refractivity contribution in [2.45, 2.75) is 65.7 Å².